The SMILES string of the molecule is CC=NC(C)=C(C)C(=O)Nc1ccc(C(C)C)cc1N1CCN(c2cncc(C3CC3)n2)CC1. The number of carbonyl (C=O) groups excluding carboxylic acids is 1. The number of aromatic nitrogens is 2. The molecule has 0 atom stereocenters. The fourth-order valence-corrected chi connectivity index (χ4v) is 4.22. The number of nitrogens with zero attached hydrogens (tertiary/aromatic N) is 5. The highest BCUT2D eigenvalue weighted by molar-refractivity contribution is 6.05. The minimum Gasteiger partial charge on any atom is -0.366 e. The summed E-state index contributed by atoms with van der Waals surface area (Å²) in [7, 11) is 0. The van der Waals surface area contributed by atoms with Crippen LogP contribution < -0.4 is 15.1 Å². The van der Waals surface area contributed by atoms with Crippen molar-refractivity contribution in [3.8, 4) is 0 Å². The summed E-state index contributed by atoms with van der Waals surface area (Å²) >= 11 is 0. The molecule has 0 radical (unpaired) electrons. The van der Waals surface area contributed by atoms with Crippen molar-refractivity contribution in [2.24, 2.45) is 4.99 Å². The Balaban J connectivity index is 1.52. The van der Waals surface area contributed by atoms with Gasteiger partial charge in [0.1, 0.15) is 5.82 Å². The van der Waals surface area contributed by atoms with Crippen molar-refractivity contribution >= 4 is 29.3 Å². The van der Waals surface area contributed by atoms with Gasteiger partial charge in [0.15, 0.2) is 0 Å². The summed E-state index contributed by atoms with van der Waals surface area (Å²) in [6, 6.07) is 6.36. The Bertz CT molecular complexity index is 1090. The largest absolute Gasteiger partial charge is 0.366 e. The van der Waals surface area contributed by atoms with Crippen molar-refractivity contribution in [2.45, 2.75) is 59.3 Å². The molecule has 0 spiro atoms. The van der Waals surface area contributed by atoms with Gasteiger partial charge in [-0.3, -0.25) is 14.8 Å². The molecule has 2 aliphatic rings. The molecule has 4 rings (SSSR count). The second kappa shape index (κ2) is 10.4. The first kappa shape index (κ1) is 23.9. The number of piperazine rings is 1. The van der Waals surface area contributed by atoms with Crippen molar-refractivity contribution in [1.29, 1.82) is 0 Å². The minimum atomic E-state index is -0.118. The first-order valence-corrected chi connectivity index (χ1v) is 12.3. The van der Waals surface area contributed by atoms with E-state index in [9.17, 15) is 4.79 Å². The Morgan fingerprint density at radius 3 is 2.47 bits per heavy atom. The molecule has 2 heterocycles. The Kier molecular flexibility index (Phi) is 7.29. The molecular weight excluding hydrogens is 424 g/mol. The fourth-order valence-electron chi connectivity index (χ4n) is 4.22. The Hall–Kier alpha value is -3.22. The highest BCUT2D eigenvalue weighted by Crippen LogP contribution is 2.39. The molecular formula is C27H36N6O. The van der Waals surface area contributed by atoms with E-state index in [1.807, 2.05) is 39.2 Å². The molecule has 1 aliphatic carbocycles. The number of carbonyl (C=O) groups is 1. The van der Waals surface area contributed by atoms with Crippen LogP contribution in [0.1, 0.15) is 70.6 Å². The number of nitrogens with one attached hydrogen (secondary N) is 1. The molecule has 0 bridgehead atoms. The third-order valence-corrected chi connectivity index (χ3v) is 6.72. The molecule has 7 nitrogen and oxygen atoms in total. The molecule has 7 heteroatoms. The van der Waals surface area contributed by atoms with E-state index in [2.05, 4.69) is 51.1 Å². The van der Waals surface area contributed by atoms with Crippen LogP contribution in [0.2, 0.25) is 0 Å². The standard InChI is InChI=1S/C27H36N6O/c1-6-29-20(5)19(4)27(34)31-23-10-9-22(18(2)3)15-25(23)32-11-13-33(14-12-32)26-17-28-16-24(30-26)21-7-8-21/h6,9-10,15-18,21H,7-8,11-14H2,1-5H3,(H,31,34). The van der Waals surface area contributed by atoms with Gasteiger partial charge in [0.25, 0.3) is 5.91 Å². The van der Waals surface area contributed by atoms with Crippen LogP contribution in [0.3, 0.4) is 0 Å². The highest BCUT2D eigenvalue weighted by atomic mass is 16.1. The number of hydrogen-bond donors (Lipinski definition) is 1. The third kappa shape index (κ3) is 5.46. The number of allylic oxidation sites excluding steroid dienone is 1. The molecule has 1 aromatic carbocycles. The summed E-state index contributed by atoms with van der Waals surface area (Å²) in [5.74, 6) is 1.87. The van der Waals surface area contributed by atoms with Gasteiger partial charge < -0.3 is 15.1 Å². The molecule has 0 unspecified atom stereocenters. The van der Waals surface area contributed by atoms with E-state index < -0.39 is 0 Å². The Morgan fingerprint density at radius 1 is 1.12 bits per heavy atom. The van der Waals surface area contributed by atoms with E-state index in [0.717, 1.165) is 54.8 Å². The number of benzene rings is 1. The van der Waals surface area contributed by atoms with Gasteiger partial charge in [0, 0.05) is 55.8 Å². The lowest BCUT2D eigenvalue weighted by molar-refractivity contribution is -0.112. The van der Waals surface area contributed by atoms with E-state index >= 15 is 0 Å². The van der Waals surface area contributed by atoms with E-state index in [4.69, 9.17) is 4.98 Å². The molecule has 1 saturated carbocycles. The monoisotopic (exact) mass is 460 g/mol. The first-order valence-electron chi connectivity index (χ1n) is 12.3. The molecule has 1 saturated heterocycles. The van der Waals surface area contributed by atoms with E-state index in [1.54, 1.807) is 6.21 Å². The van der Waals surface area contributed by atoms with E-state index in [0.29, 0.717) is 17.4 Å². The van der Waals surface area contributed by atoms with Gasteiger partial charge >= 0.3 is 0 Å². The van der Waals surface area contributed by atoms with E-state index in [-0.39, 0.29) is 5.91 Å². The molecule has 2 aromatic rings. The number of aliphatic imine (C=N–C) groups is 1. The van der Waals surface area contributed by atoms with Gasteiger partial charge in [0.05, 0.1) is 23.3 Å². The maximum absolute atomic E-state index is 12.9. The van der Waals surface area contributed by atoms with Crippen molar-refractivity contribution in [2.75, 3.05) is 41.3 Å². The van der Waals surface area contributed by atoms with Crippen molar-refractivity contribution < 1.29 is 4.79 Å². The molecule has 1 amide bonds. The predicted molar refractivity (Wildman–Crippen MR) is 140 cm³/mol. The van der Waals surface area contributed by atoms with Crippen LogP contribution in [0.15, 0.2) is 46.9 Å². The van der Waals surface area contributed by atoms with Crippen molar-refractivity contribution in [3.63, 3.8) is 0 Å². The van der Waals surface area contributed by atoms with Gasteiger partial charge in [-0.2, -0.15) is 0 Å². The Morgan fingerprint density at radius 2 is 1.82 bits per heavy atom. The van der Waals surface area contributed by atoms with Crippen LogP contribution in [0.4, 0.5) is 17.2 Å². The summed E-state index contributed by atoms with van der Waals surface area (Å²) in [5.41, 5.74) is 5.64. The predicted octanol–water partition coefficient (Wildman–Crippen LogP) is 5.13. The van der Waals surface area contributed by atoms with Crippen LogP contribution in [0.25, 0.3) is 0 Å². The lowest BCUT2D eigenvalue weighted by Gasteiger charge is -2.37. The minimum absolute atomic E-state index is 0.118. The van der Waals surface area contributed by atoms with Crippen LogP contribution >= 0.6 is 0 Å². The summed E-state index contributed by atoms with van der Waals surface area (Å²) in [6.07, 6.45) is 7.95. The van der Waals surface area contributed by atoms with Gasteiger partial charge in [-0.1, -0.05) is 19.9 Å². The quantitative estimate of drug-likeness (QED) is 0.458. The van der Waals surface area contributed by atoms with Crippen molar-refractivity contribution in [1.82, 2.24) is 9.97 Å². The topological polar surface area (TPSA) is 73.7 Å². The average molecular weight is 461 g/mol. The van der Waals surface area contributed by atoms with Gasteiger partial charge in [0.2, 0.25) is 0 Å². The molecule has 34 heavy (non-hydrogen) atoms. The Labute approximate surface area is 203 Å². The zero-order valence-corrected chi connectivity index (χ0v) is 21.0. The van der Waals surface area contributed by atoms with Crippen LogP contribution in [-0.2, 0) is 4.79 Å². The van der Waals surface area contributed by atoms with Crippen LogP contribution in [-0.4, -0.2) is 48.3 Å². The highest BCUT2D eigenvalue weighted by Gasteiger charge is 2.27. The number of amides is 1. The second-order valence-electron chi connectivity index (χ2n) is 9.53. The molecule has 180 valence electrons. The van der Waals surface area contributed by atoms with Crippen LogP contribution in [0, 0.1) is 0 Å². The van der Waals surface area contributed by atoms with Gasteiger partial charge in [-0.25, -0.2) is 4.98 Å². The zero-order chi connectivity index (χ0) is 24.2. The first-order chi connectivity index (χ1) is 16.4. The lowest BCUT2D eigenvalue weighted by atomic mass is 10.0. The second-order valence-corrected chi connectivity index (χ2v) is 9.53. The molecule has 2 fully saturated rings. The van der Waals surface area contributed by atoms with E-state index in [1.165, 1.54) is 18.4 Å². The number of rotatable bonds is 7. The molecule has 1 aromatic heterocycles. The number of hydrogen-bond acceptors (Lipinski definition) is 6. The van der Waals surface area contributed by atoms with Gasteiger partial charge in [-0.15, -0.1) is 0 Å². The van der Waals surface area contributed by atoms with Crippen LogP contribution in [0.5, 0.6) is 0 Å². The lowest BCUT2D eigenvalue weighted by Crippen LogP contribution is -2.47. The van der Waals surface area contributed by atoms with Gasteiger partial charge in [-0.05, 0) is 57.2 Å². The zero-order valence-electron chi connectivity index (χ0n) is 21.0. The molecule has 1 N–H and O–H groups in total. The third-order valence-electron chi connectivity index (χ3n) is 6.72. The normalized spacial score (nSPS) is 17.4. The smallest absolute Gasteiger partial charge is 0.253 e. The summed E-state index contributed by atoms with van der Waals surface area (Å²) < 4.78 is 0. The number of anilines is 3. The maximum atomic E-state index is 12.9. The molecule has 1 aliphatic heterocycles. The van der Waals surface area contributed by atoms with Crippen molar-refractivity contribution in [3.05, 3.63) is 53.1 Å². The maximum Gasteiger partial charge on any atom is 0.253 e. The summed E-state index contributed by atoms with van der Waals surface area (Å²) in [5, 5.41) is 3.13. The summed E-state index contributed by atoms with van der Waals surface area (Å²) in [6.45, 7) is 13.4. The fraction of sp³-hybridized carbons (Fsp3) is 0.481. The average Bonchev–Trinajstić information content (AvgIpc) is 3.70. The summed E-state index contributed by atoms with van der Waals surface area (Å²) in [4.78, 5) is 31.2.